The van der Waals surface area contributed by atoms with Crippen LogP contribution in [0.25, 0.3) is 0 Å². The van der Waals surface area contributed by atoms with Gasteiger partial charge in [-0.2, -0.15) is 0 Å². The van der Waals surface area contributed by atoms with E-state index in [0.717, 1.165) is 5.69 Å². The summed E-state index contributed by atoms with van der Waals surface area (Å²) in [4.78, 5) is 5.49. The maximum Gasteiger partial charge on any atom is 0.0797 e. The molecule has 0 aliphatic rings. The van der Waals surface area contributed by atoms with Crippen LogP contribution in [-0.2, 0) is 6.42 Å². The van der Waals surface area contributed by atoms with Crippen LogP contribution < -0.4 is 0 Å². The Morgan fingerprint density at radius 2 is 2.36 bits per heavy atom. The predicted octanol–water partition coefficient (Wildman–Crippen LogP) is 1.80. The molecule has 1 aromatic heterocycles. The van der Waals surface area contributed by atoms with E-state index in [1.807, 2.05) is 5.51 Å². The first kappa shape index (κ1) is 8.68. The van der Waals surface area contributed by atoms with Gasteiger partial charge in [0.1, 0.15) is 0 Å². The Balaban J connectivity index is 2.78. The normalized spacial score (nSPS) is 10.9. The van der Waals surface area contributed by atoms with Crippen molar-refractivity contribution in [2.45, 2.75) is 26.2 Å². The van der Waals surface area contributed by atoms with Crippen LogP contribution in [0.15, 0.2) is 5.51 Å². The molecule has 1 aromatic rings. The second-order valence-electron chi connectivity index (χ2n) is 2.79. The molecule has 0 aliphatic carbocycles. The minimum Gasteiger partial charge on any atom is -0.396 e. The lowest BCUT2D eigenvalue weighted by Crippen LogP contribution is -1.96. The monoisotopic (exact) mass is 171 g/mol. The van der Waals surface area contributed by atoms with Gasteiger partial charge in [0.2, 0.25) is 0 Å². The van der Waals surface area contributed by atoms with E-state index in [-0.39, 0.29) is 6.61 Å². The van der Waals surface area contributed by atoms with Gasteiger partial charge >= 0.3 is 0 Å². The van der Waals surface area contributed by atoms with E-state index in [0.29, 0.717) is 12.3 Å². The summed E-state index contributed by atoms with van der Waals surface area (Å²) in [7, 11) is 0. The van der Waals surface area contributed by atoms with Crippen molar-refractivity contribution in [1.29, 1.82) is 0 Å². The molecule has 0 spiro atoms. The summed E-state index contributed by atoms with van der Waals surface area (Å²) >= 11 is 1.68. The highest BCUT2D eigenvalue weighted by molar-refractivity contribution is 7.09. The van der Waals surface area contributed by atoms with E-state index in [9.17, 15) is 0 Å². The maximum absolute atomic E-state index is 8.71. The van der Waals surface area contributed by atoms with Crippen molar-refractivity contribution in [3.63, 3.8) is 0 Å². The van der Waals surface area contributed by atoms with Crippen LogP contribution in [-0.4, -0.2) is 16.7 Å². The number of thiazole rings is 1. The van der Waals surface area contributed by atoms with Crippen LogP contribution in [0.3, 0.4) is 0 Å². The van der Waals surface area contributed by atoms with E-state index in [4.69, 9.17) is 5.11 Å². The fraction of sp³-hybridized carbons (Fsp3) is 0.625. The molecule has 0 amide bonds. The molecule has 11 heavy (non-hydrogen) atoms. The third-order valence-electron chi connectivity index (χ3n) is 1.55. The average Bonchev–Trinajstić information content (AvgIpc) is 2.36. The van der Waals surface area contributed by atoms with Gasteiger partial charge in [-0.1, -0.05) is 13.8 Å². The van der Waals surface area contributed by atoms with Crippen molar-refractivity contribution in [3.8, 4) is 0 Å². The van der Waals surface area contributed by atoms with Gasteiger partial charge in [-0.25, -0.2) is 4.98 Å². The molecule has 1 rings (SSSR count). The zero-order chi connectivity index (χ0) is 8.27. The summed E-state index contributed by atoms with van der Waals surface area (Å²) in [6, 6.07) is 0. The minimum atomic E-state index is 0.198. The molecule has 0 saturated carbocycles. The number of hydrogen-bond donors (Lipinski definition) is 1. The summed E-state index contributed by atoms with van der Waals surface area (Å²) in [5.74, 6) is 0.532. The third-order valence-corrected chi connectivity index (χ3v) is 2.72. The number of nitrogens with zero attached hydrogens (tertiary/aromatic N) is 1. The largest absolute Gasteiger partial charge is 0.396 e. The Morgan fingerprint density at radius 1 is 1.64 bits per heavy atom. The molecular formula is C8H13NOS. The summed E-state index contributed by atoms with van der Waals surface area (Å²) in [6.07, 6.45) is 0.691. The molecule has 0 aromatic carbocycles. The average molecular weight is 171 g/mol. The standard InChI is InChI=1S/C8H13NOS/c1-6(2)8-7(3-4-10)9-5-11-8/h5-6,10H,3-4H2,1-2H3. The van der Waals surface area contributed by atoms with E-state index in [2.05, 4.69) is 18.8 Å². The molecule has 0 unspecified atom stereocenters. The van der Waals surface area contributed by atoms with Crippen molar-refractivity contribution >= 4 is 11.3 Å². The Bertz CT molecular complexity index is 220. The summed E-state index contributed by atoms with van der Waals surface area (Å²) in [6.45, 7) is 4.49. The molecule has 1 N–H and O–H groups in total. The predicted molar refractivity (Wildman–Crippen MR) is 47.0 cm³/mol. The molecular weight excluding hydrogens is 158 g/mol. The molecule has 1 heterocycles. The highest BCUT2D eigenvalue weighted by Gasteiger charge is 2.08. The minimum absolute atomic E-state index is 0.198. The van der Waals surface area contributed by atoms with Crippen molar-refractivity contribution in [3.05, 3.63) is 16.1 Å². The Hall–Kier alpha value is -0.410. The van der Waals surface area contributed by atoms with Gasteiger partial charge in [-0.05, 0) is 5.92 Å². The van der Waals surface area contributed by atoms with Crippen LogP contribution in [0.4, 0.5) is 0 Å². The van der Waals surface area contributed by atoms with E-state index in [1.165, 1.54) is 4.88 Å². The van der Waals surface area contributed by atoms with Crippen LogP contribution in [0.1, 0.15) is 30.3 Å². The molecule has 62 valence electrons. The Kier molecular flexibility index (Phi) is 3.02. The van der Waals surface area contributed by atoms with Gasteiger partial charge in [-0.3, -0.25) is 0 Å². The molecule has 0 bridgehead atoms. The van der Waals surface area contributed by atoms with Crippen molar-refractivity contribution in [2.24, 2.45) is 0 Å². The van der Waals surface area contributed by atoms with Crippen molar-refractivity contribution in [2.75, 3.05) is 6.61 Å². The smallest absolute Gasteiger partial charge is 0.0797 e. The maximum atomic E-state index is 8.71. The summed E-state index contributed by atoms with van der Waals surface area (Å²) in [5.41, 5.74) is 2.91. The van der Waals surface area contributed by atoms with E-state index in [1.54, 1.807) is 11.3 Å². The zero-order valence-corrected chi connectivity index (χ0v) is 7.69. The highest BCUT2D eigenvalue weighted by atomic mass is 32.1. The quantitative estimate of drug-likeness (QED) is 0.752. The number of aliphatic hydroxyl groups excluding tert-OH is 1. The van der Waals surface area contributed by atoms with E-state index >= 15 is 0 Å². The first-order valence-electron chi connectivity index (χ1n) is 3.78. The second kappa shape index (κ2) is 3.83. The molecule has 3 heteroatoms. The number of rotatable bonds is 3. The lowest BCUT2D eigenvalue weighted by Gasteiger charge is -2.02. The van der Waals surface area contributed by atoms with Gasteiger partial charge < -0.3 is 5.11 Å². The van der Waals surface area contributed by atoms with Crippen molar-refractivity contribution in [1.82, 2.24) is 4.98 Å². The number of aliphatic hydroxyl groups is 1. The second-order valence-corrected chi connectivity index (χ2v) is 3.68. The van der Waals surface area contributed by atoms with Gasteiger partial charge in [0, 0.05) is 17.9 Å². The summed E-state index contributed by atoms with van der Waals surface area (Å²) < 4.78 is 0. The SMILES string of the molecule is CC(C)c1scnc1CCO. The van der Waals surface area contributed by atoms with Crippen molar-refractivity contribution < 1.29 is 5.11 Å². The molecule has 0 saturated heterocycles. The van der Waals surface area contributed by atoms with E-state index < -0.39 is 0 Å². The topological polar surface area (TPSA) is 33.1 Å². The molecule has 0 atom stereocenters. The Morgan fingerprint density at radius 3 is 2.91 bits per heavy atom. The lowest BCUT2D eigenvalue weighted by atomic mass is 10.1. The molecule has 2 nitrogen and oxygen atoms in total. The molecule has 0 fully saturated rings. The number of hydrogen-bond acceptors (Lipinski definition) is 3. The van der Waals surface area contributed by atoms with Crippen LogP contribution >= 0.6 is 11.3 Å². The third kappa shape index (κ3) is 2.01. The first-order chi connectivity index (χ1) is 5.25. The highest BCUT2D eigenvalue weighted by Crippen LogP contribution is 2.23. The van der Waals surface area contributed by atoms with Crippen LogP contribution in [0, 0.1) is 0 Å². The molecule has 0 aliphatic heterocycles. The van der Waals surface area contributed by atoms with Crippen LogP contribution in [0.5, 0.6) is 0 Å². The Labute approximate surface area is 70.9 Å². The fourth-order valence-corrected chi connectivity index (χ4v) is 1.90. The first-order valence-corrected chi connectivity index (χ1v) is 4.66. The number of aromatic nitrogens is 1. The van der Waals surface area contributed by atoms with Gasteiger partial charge in [0.05, 0.1) is 11.2 Å². The van der Waals surface area contributed by atoms with Gasteiger partial charge in [0.15, 0.2) is 0 Å². The van der Waals surface area contributed by atoms with Gasteiger partial charge in [0.25, 0.3) is 0 Å². The lowest BCUT2D eigenvalue weighted by molar-refractivity contribution is 0.298. The van der Waals surface area contributed by atoms with Gasteiger partial charge in [-0.15, -0.1) is 11.3 Å². The fourth-order valence-electron chi connectivity index (χ4n) is 1.04. The molecule has 0 radical (unpaired) electrons. The zero-order valence-electron chi connectivity index (χ0n) is 6.87. The summed E-state index contributed by atoms with van der Waals surface area (Å²) in [5, 5.41) is 8.71. The van der Waals surface area contributed by atoms with Crippen LogP contribution in [0.2, 0.25) is 0 Å².